The molecule has 0 fully saturated rings. The molecule has 0 amide bonds. The average molecular weight is 473 g/mol. The molecule has 2 aromatic rings. The van der Waals surface area contributed by atoms with E-state index in [1.165, 1.54) is 14.2 Å². The number of hydrogen-bond donors (Lipinski definition) is 0. The van der Waals surface area contributed by atoms with Crippen LogP contribution < -0.4 is 9.16 Å². The second-order valence-corrected chi connectivity index (χ2v) is 14.3. The van der Waals surface area contributed by atoms with Crippen LogP contribution in [0.4, 0.5) is 0 Å². The minimum Gasteiger partial charge on any atom is -0.540 e. The van der Waals surface area contributed by atoms with Gasteiger partial charge >= 0.3 is 11.9 Å². The van der Waals surface area contributed by atoms with Crippen LogP contribution in [-0.2, 0) is 9.47 Å². The Kier molecular flexibility index (Phi) is 8.35. The normalized spacial score (nSPS) is 12.6. The summed E-state index contributed by atoms with van der Waals surface area (Å²) in [6, 6.07) is 11.1. The zero-order valence-electron chi connectivity index (χ0n) is 21.2. The number of carbonyl (C=O) groups is 2. The molecule has 0 radical (unpaired) electrons. The fraction of sp³-hybridized carbons (Fsp3) is 0.462. The molecule has 1 unspecified atom stereocenters. The van der Waals surface area contributed by atoms with Crippen molar-refractivity contribution in [1.82, 2.24) is 0 Å². The SMILES string of the molecule is CCC(c1ccc(C(=O)OC)cc1)c1cc(OC)c(O[Si](C)(C)C(C)(C)C)c(C(=O)OC)c1. The third-order valence-corrected chi connectivity index (χ3v) is 10.7. The summed E-state index contributed by atoms with van der Waals surface area (Å²) >= 11 is 0. The topological polar surface area (TPSA) is 71.1 Å². The number of esters is 2. The van der Waals surface area contributed by atoms with Gasteiger partial charge in [-0.2, -0.15) is 0 Å². The van der Waals surface area contributed by atoms with E-state index in [0.29, 0.717) is 22.6 Å². The Morgan fingerprint density at radius 3 is 1.94 bits per heavy atom. The summed E-state index contributed by atoms with van der Waals surface area (Å²) in [7, 11) is 2.04. The number of ether oxygens (including phenoxy) is 3. The lowest BCUT2D eigenvalue weighted by atomic mass is 9.87. The van der Waals surface area contributed by atoms with Gasteiger partial charge < -0.3 is 18.6 Å². The largest absolute Gasteiger partial charge is 0.540 e. The summed E-state index contributed by atoms with van der Waals surface area (Å²) in [5.41, 5.74) is 2.76. The third kappa shape index (κ3) is 5.77. The Morgan fingerprint density at radius 2 is 1.48 bits per heavy atom. The van der Waals surface area contributed by atoms with Crippen molar-refractivity contribution in [2.75, 3.05) is 21.3 Å². The maximum absolute atomic E-state index is 12.8. The molecule has 0 heterocycles. The standard InChI is InChI=1S/C26H36O6Si/c1-10-20(17-11-13-18(14-12-17)24(27)30-6)19-15-21(25(28)31-7)23(22(16-19)29-5)32-33(8,9)26(2,3)4/h11-16,20H,10H2,1-9H3. The Balaban J connectivity index is 2.62. The second kappa shape index (κ2) is 10.4. The van der Waals surface area contributed by atoms with Crippen molar-refractivity contribution in [2.45, 2.75) is 58.2 Å². The monoisotopic (exact) mass is 472 g/mol. The van der Waals surface area contributed by atoms with Gasteiger partial charge in [-0.05, 0) is 59.9 Å². The molecule has 0 saturated carbocycles. The van der Waals surface area contributed by atoms with E-state index >= 15 is 0 Å². The average Bonchev–Trinajstić information content (AvgIpc) is 2.78. The van der Waals surface area contributed by atoms with Crippen molar-refractivity contribution in [3.05, 3.63) is 58.7 Å². The second-order valence-electron chi connectivity index (χ2n) is 9.53. The smallest absolute Gasteiger partial charge is 0.341 e. The number of rotatable bonds is 8. The molecule has 2 aromatic carbocycles. The summed E-state index contributed by atoms with van der Waals surface area (Å²) in [5, 5.41) is -0.0581. The maximum atomic E-state index is 12.8. The Bertz CT molecular complexity index is 989. The molecule has 0 N–H and O–H groups in total. The number of benzene rings is 2. The van der Waals surface area contributed by atoms with Crippen LogP contribution in [-0.4, -0.2) is 41.6 Å². The number of carbonyl (C=O) groups excluding carboxylic acids is 2. The third-order valence-electron chi connectivity index (χ3n) is 6.41. The minimum atomic E-state index is -2.25. The summed E-state index contributed by atoms with van der Waals surface area (Å²) in [4.78, 5) is 24.6. The Morgan fingerprint density at radius 1 is 0.909 bits per heavy atom. The fourth-order valence-corrected chi connectivity index (χ4v) is 4.41. The molecule has 2 rings (SSSR count). The molecule has 33 heavy (non-hydrogen) atoms. The van der Waals surface area contributed by atoms with Crippen molar-refractivity contribution in [3.63, 3.8) is 0 Å². The Hall–Kier alpha value is -2.80. The van der Waals surface area contributed by atoms with E-state index in [0.717, 1.165) is 17.5 Å². The van der Waals surface area contributed by atoms with Gasteiger partial charge in [-0.1, -0.05) is 39.8 Å². The molecule has 7 heteroatoms. The van der Waals surface area contributed by atoms with Gasteiger partial charge in [0.1, 0.15) is 5.56 Å². The number of methoxy groups -OCH3 is 3. The molecular formula is C26H36O6Si. The molecule has 0 aromatic heterocycles. The highest BCUT2D eigenvalue weighted by atomic mass is 28.4. The van der Waals surface area contributed by atoms with Gasteiger partial charge in [0, 0.05) is 5.92 Å². The molecule has 0 saturated heterocycles. The molecular weight excluding hydrogens is 436 g/mol. The highest BCUT2D eigenvalue weighted by molar-refractivity contribution is 6.74. The lowest BCUT2D eigenvalue weighted by Crippen LogP contribution is -2.44. The zero-order valence-corrected chi connectivity index (χ0v) is 22.2. The summed E-state index contributed by atoms with van der Waals surface area (Å²) < 4.78 is 22.1. The van der Waals surface area contributed by atoms with Gasteiger partial charge in [-0.25, -0.2) is 9.59 Å². The van der Waals surface area contributed by atoms with Gasteiger partial charge in [-0.15, -0.1) is 0 Å². The molecule has 0 aliphatic heterocycles. The molecule has 0 aliphatic carbocycles. The van der Waals surface area contributed by atoms with E-state index in [9.17, 15) is 9.59 Å². The lowest BCUT2D eigenvalue weighted by Gasteiger charge is -2.37. The van der Waals surface area contributed by atoms with Crippen LogP contribution in [0, 0.1) is 0 Å². The predicted molar refractivity (Wildman–Crippen MR) is 132 cm³/mol. The van der Waals surface area contributed by atoms with Crippen LogP contribution in [0.3, 0.4) is 0 Å². The van der Waals surface area contributed by atoms with Gasteiger partial charge in [0.15, 0.2) is 11.5 Å². The van der Waals surface area contributed by atoms with Crippen molar-refractivity contribution in [1.29, 1.82) is 0 Å². The van der Waals surface area contributed by atoms with E-state index in [-0.39, 0.29) is 16.9 Å². The van der Waals surface area contributed by atoms with E-state index in [2.05, 4.69) is 40.8 Å². The van der Waals surface area contributed by atoms with E-state index in [1.54, 1.807) is 19.2 Å². The van der Waals surface area contributed by atoms with Gasteiger partial charge in [-0.3, -0.25) is 0 Å². The first-order valence-electron chi connectivity index (χ1n) is 11.1. The first kappa shape index (κ1) is 26.4. The van der Waals surface area contributed by atoms with Crippen molar-refractivity contribution < 1.29 is 28.2 Å². The molecule has 1 atom stereocenters. The predicted octanol–water partition coefficient (Wildman–Crippen LogP) is 6.19. The van der Waals surface area contributed by atoms with Crippen molar-refractivity contribution >= 4 is 20.3 Å². The van der Waals surface area contributed by atoms with E-state index < -0.39 is 14.3 Å². The summed E-state index contributed by atoms with van der Waals surface area (Å²) in [6.07, 6.45) is 0.782. The Labute approximate surface area is 198 Å². The summed E-state index contributed by atoms with van der Waals surface area (Å²) in [6.45, 7) is 12.7. The minimum absolute atomic E-state index is 0.0177. The molecule has 0 bridgehead atoms. The van der Waals surface area contributed by atoms with Gasteiger partial charge in [0.05, 0.1) is 26.9 Å². The highest BCUT2D eigenvalue weighted by Crippen LogP contribution is 2.44. The highest BCUT2D eigenvalue weighted by Gasteiger charge is 2.40. The fourth-order valence-electron chi connectivity index (χ4n) is 3.38. The molecule has 180 valence electrons. The summed E-state index contributed by atoms with van der Waals surface area (Å²) in [5.74, 6) is 0.0602. The van der Waals surface area contributed by atoms with Crippen molar-refractivity contribution in [2.24, 2.45) is 0 Å². The van der Waals surface area contributed by atoms with Crippen LogP contribution in [0.5, 0.6) is 11.5 Å². The van der Waals surface area contributed by atoms with Gasteiger partial charge in [0.2, 0.25) is 0 Å². The zero-order chi connectivity index (χ0) is 25.0. The molecule has 6 nitrogen and oxygen atoms in total. The quantitative estimate of drug-likeness (QED) is 0.337. The van der Waals surface area contributed by atoms with Crippen LogP contribution in [0.25, 0.3) is 0 Å². The molecule has 0 aliphatic rings. The van der Waals surface area contributed by atoms with Gasteiger partial charge in [0.25, 0.3) is 8.32 Å². The van der Waals surface area contributed by atoms with Crippen LogP contribution in [0.15, 0.2) is 36.4 Å². The number of hydrogen-bond acceptors (Lipinski definition) is 6. The first-order chi connectivity index (χ1) is 15.4. The van der Waals surface area contributed by atoms with Crippen LogP contribution >= 0.6 is 0 Å². The van der Waals surface area contributed by atoms with Crippen molar-refractivity contribution in [3.8, 4) is 11.5 Å². The van der Waals surface area contributed by atoms with Crippen LogP contribution in [0.1, 0.15) is 71.9 Å². The maximum Gasteiger partial charge on any atom is 0.341 e. The van der Waals surface area contributed by atoms with E-state index in [1.807, 2.05) is 24.3 Å². The van der Waals surface area contributed by atoms with E-state index in [4.69, 9.17) is 18.6 Å². The molecule has 0 spiro atoms. The lowest BCUT2D eigenvalue weighted by molar-refractivity contribution is 0.0590. The van der Waals surface area contributed by atoms with Crippen LogP contribution in [0.2, 0.25) is 18.1 Å². The first-order valence-corrected chi connectivity index (χ1v) is 14.0.